The van der Waals surface area contributed by atoms with E-state index in [4.69, 9.17) is 5.26 Å². The van der Waals surface area contributed by atoms with E-state index in [9.17, 15) is 16.8 Å². The highest BCUT2D eigenvalue weighted by Gasteiger charge is 2.30. The van der Waals surface area contributed by atoms with Crippen LogP contribution < -0.4 is 0 Å². The van der Waals surface area contributed by atoms with Gasteiger partial charge < -0.3 is 0 Å². The molecule has 0 aromatic rings. The number of sulfonamides is 1. The van der Waals surface area contributed by atoms with Gasteiger partial charge in [-0.3, -0.25) is 0 Å². The van der Waals surface area contributed by atoms with Crippen LogP contribution in [0.15, 0.2) is 0 Å². The molecule has 1 saturated heterocycles. The average molecular weight is 266 g/mol. The van der Waals surface area contributed by atoms with Crippen molar-refractivity contribution < 1.29 is 16.8 Å². The van der Waals surface area contributed by atoms with Crippen LogP contribution in [0.1, 0.15) is 12.8 Å². The number of rotatable bonds is 3. The fourth-order valence-corrected chi connectivity index (χ4v) is 5.14. The van der Waals surface area contributed by atoms with Crippen LogP contribution in [0.25, 0.3) is 0 Å². The molecule has 8 heteroatoms. The summed E-state index contributed by atoms with van der Waals surface area (Å²) in [7, 11) is -7.28. The Hall–Kier alpha value is -0.650. The molecule has 16 heavy (non-hydrogen) atoms. The van der Waals surface area contributed by atoms with Gasteiger partial charge in [-0.15, -0.1) is 0 Å². The van der Waals surface area contributed by atoms with E-state index >= 15 is 0 Å². The number of hydrogen-bond donors (Lipinski definition) is 0. The maximum absolute atomic E-state index is 11.7. The summed E-state index contributed by atoms with van der Waals surface area (Å²) in [5.74, 6) is -0.121. The zero-order chi connectivity index (χ0) is 12.4. The molecule has 0 bridgehead atoms. The summed E-state index contributed by atoms with van der Waals surface area (Å²) >= 11 is 0. The quantitative estimate of drug-likeness (QED) is 0.689. The summed E-state index contributed by atoms with van der Waals surface area (Å²) in [6.45, 7) is 0.464. The Morgan fingerprint density at radius 1 is 1.25 bits per heavy atom. The minimum atomic E-state index is -3.74. The zero-order valence-corrected chi connectivity index (χ0v) is 10.6. The lowest BCUT2D eigenvalue weighted by Crippen LogP contribution is -2.40. The van der Waals surface area contributed by atoms with Crippen LogP contribution in [-0.4, -0.2) is 45.6 Å². The molecule has 1 aliphatic heterocycles. The van der Waals surface area contributed by atoms with Crippen molar-refractivity contribution in [3.63, 3.8) is 0 Å². The van der Waals surface area contributed by atoms with Crippen molar-refractivity contribution in [1.82, 2.24) is 4.31 Å². The van der Waals surface area contributed by atoms with Gasteiger partial charge in [-0.25, -0.2) is 21.1 Å². The molecular formula is C8H14N2O4S2. The molecule has 1 fully saturated rings. The third kappa shape index (κ3) is 3.73. The van der Waals surface area contributed by atoms with Crippen molar-refractivity contribution in [3.8, 4) is 6.07 Å². The van der Waals surface area contributed by atoms with E-state index in [1.165, 1.54) is 0 Å². The molecule has 0 atom stereocenters. The van der Waals surface area contributed by atoms with Gasteiger partial charge in [-0.2, -0.15) is 5.26 Å². The van der Waals surface area contributed by atoms with Gasteiger partial charge in [-0.1, -0.05) is 0 Å². The molecule has 0 aromatic carbocycles. The number of hydrogen-bond acceptors (Lipinski definition) is 5. The first-order valence-electron chi connectivity index (χ1n) is 4.80. The topological polar surface area (TPSA) is 95.3 Å². The first-order valence-corrected chi connectivity index (χ1v) is 8.47. The lowest BCUT2D eigenvalue weighted by atomic mass is 10.0. The zero-order valence-electron chi connectivity index (χ0n) is 8.96. The van der Waals surface area contributed by atoms with Crippen molar-refractivity contribution in [1.29, 1.82) is 5.26 Å². The van der Waals surface area contributed by atoms with Crippen LogP contribution >= 0.6 is 0 Å². The van der Waals surface area contributed by atoms with Crippen molar-refractivity contribution in [2.24, 2.45) is 5.92 Å². The molecular weight excluding hydrogens is 252 g/mol. The van der Waals surface area contributed by atoms with Gasteiger partial charge in [0.25, 0.3) is 0 Å². The summed E-state index contributed by atoms with van der Waals surface area (Å²) in [4.78, 5) is 0. The van der Waals surface area contributed by atoms with E-state index in [1.54, 1.807) is 0 Å². The summed E-state index contributed by atoms with van der Waals surface area (Å²) in [5, 5.41) is 7.80. The predicted octanol–water partition coefficient (Wildman–Crippen LogP) is -0.446. The number of nitrogens with zero attached hydrogens (tertiary/aromatic N) is 2. The Labute approximate surface area is 95.8 Å². The Morgan fingerprint density at radius 2 is 1.75 bits per heavy atom. The monoisotopic (exact) mass is 266 g/mol. The average Bonchev–Trinajstić information content (AvgIpc) is 2.14. The van der Waals surface area contributed by atoms with Crippen LogP contribution in [0.2, 0.25) is 0 Å². The summed E-state index contributed by atoms with van der Waals surface area (Å²) in [6, 6.07) is 2.08. The molecule has 0 unspecified atom stereocenters. The van der Waals surface area contributed by atoms with Gasteiger partial charge in [0, 0.05) is 25.3 Å². The highest BCUT2D eigenvalue weighted by Crippen LogP contribution is 2.19. The SMILES string of the molecule is CS(=O)(=O)CS(=O)(=O)N1CCC(C#N)CC1. The molecule has 92 valence electrons. The van der Waals surface area contributed by atoms with E-state index in [1.807, 2.05) is 0 Å². The van der Waals surface area contributed by atoms with E-state index in [2.05, 4.69) is 6.07 Å². The molecule has 1 aliphatic rings. The van der Waals surface area contributed by atoms with E-state index < -0.39 is 24.9 Å². The van der Waals surface area contributed by atoms with E-state index in [-0.39, 0.29) is 19.0 Å². The Kier molecular flexibility index (Phi) is 3.93. The smallest absolute Gasteiger partial charge is 0.228 e. The fraction of sp³-hybridized carbons (Fsp3) is 0.875. The number of piperidine rings is 1. The number of sulfone groups is 1. The summed E-state index contributed by atoms with van der Waals surface area (Å²) < 4.78 is 46.4. The van der Waals surface area contributed by atoms with Crippen LogP contribution in [0, 0.1) is 17.2 Å². The standard InChI is InChI=1S/C8H14N2O4S2/c1-15(11,12)7-16(13,14)10-4-2-8(6-9)3-5-10/h8H,2-5,7H2,1H3. The molecule has 0 aromatic heterocycles. The molecule has 1 heterocycles. The first kappa shape index (κ1) is 13.4. The van der Waals surface area contributed by atoms with Crippen molar-refractivity contribution in [2.75, 3.05) is 24.4 Å². The van der Waals surface area contributed by atoms with Crippen molar-refractivity contribution in [3.05, 3.63) is 0 Å². The van der Waals surface area contributed by atoms with Crippen LogP contribution in [-0.2, 0) is 19.9 Å². The number of nitriles is 1. The first-order chi connectivity index (χ1) is 7.24. The normalized spacial score (nSPS) is 20.5. The van der Waals surface area contributed by atoms with Gasteiger partial charge in [0.1, 0.15) is 0 Å². The molecule has 0 aliphatic carbocycles. The second kappa shape index (κ2) is 4.69. The van der Waals surface area contributed by atoms with Crippen LogP contribution in [0.3, 0.4) is 0 Å². The second-order valence-electron chi connectivity index (χ2n) is 3.96. The van der Waals surface area contributed by atoms with Gasteiger partial charge in [0.15, 0.2) is 14.9 Å². The minimum absolute atomic E-state index is 0.121. The maximum Gasteiger partial charge on any atom is 0.228 e. The van der Waals surface area contributed by atoms with Gasteiger partial charge in [0.05, 0.1) is 6.07 Å². The fourth-order valence-electron chi connectivity index (χ4n) is 1.61. The molecule has 1 rings (SSSR count). The van der Waals surface area contributed by atoms with E-state index in [0.717, 1.165) is 10.6 Å². The third-order valence-electron chi connectivity index (χ3n) is 2.39. The van der Waals surface area contributed by atoms with Gasteiger partial charge in [0.2, 0.25) is 10.0 Å². The molecule has 0 N–H and O–H groups in total. The summed E-state index contributed by atoms with van der Waals surface area (Å²) in [6.07, 6.45) is 1.84. The molecule has 0 amide bonds. The van der Waals surface area contributed by atoms with Crippen molar-refractivity contribution >= 4 is 19.9 Å². The molecule has 0 spiro atoms. The van der Waals surface area contributed by atoms with Crippen LogP contribution in [0.5, 0.6) is 0 Å². The maximum atomic E-state index is 11.7. The Bertz CT molecular complexity index is 481. The van der Waals surface area contributed by atoms with E-state index in [0.29, 0.717) is 12.8 Å². The van der Waals surface area contributed by atoms with Crippen LogP contribution in [0.4, 0.5) is 0 Å². The lowest BCUT2D eigenvalue weighted by molar-refractivity contribution is 0.311. The highest BCUT2D eigenvalue weighted by molar-refractivity contribution is 8.06. The molecule has 0 saturated carbocycles. The van der Waals surface area contributed by atoms with Gasteiger partial charge >= 0.3 is 0 Å². The molecule has 6 nitrogen and oxygen atoms in total. The third-order valence-corrected chi connectivity index (χ3v) is 6.45. The lowest BCUT2D eigenvalue weighted by Gasteiger charge is -2.27. The Morgan fingerprint density at radius 3 is 2.12 bits per heavy atom. The minimum Gasteiger partial charge on any atom is -0.228 e. The van der Waals surface area contributed by atoms with Gasteiger partial charge in [-0.05, 0) is 12.8 Å². The largest absolute Gasteiger partial charge is 0.228 e. The predicted molar refractivity (Wildman–Crippen MR) is 58.5 cm³/mol. The van der Waals surface area contributed by atoms with Crippen molar-refractivity contribution in [2.45, 2.75) is 12.8 Å². The highest BCUT2D eigenvalue weighted by atomic mass is 32.3. The Balaban J connectivity index is 2.70. The molecule has 0 radical (unpaired) electrons. The second-order valence-corrected chi connectivity index (χ2v) is 8.43. The summed E-state index contributed by atoms with van der Waals surface area (Å²) in [5.41, 5.74) is 0.